The second kappa shape index (κ2) is 4.24. The van der Waals surface area contributed by atoms with Crippen molar-refractivity contribution in [1.82, 2.24) is 10.6 Å². The van der Waals surface area contributed by atoms with Crippen LogP contribution in [0.1, 0.15) is 40.5 Å². The van der Waals surface area contributed by atoms with Crippen molar-refractivity contribution in [3.8, 4) is 0 Å². The summed E-state index contributed by atoms with van der Waals surface area (Å²) in [6.07, 6.45) is 2.45. The van der Waals surface area contributed by atoms with Gasteiger partial charge in [0, 0.05) is 24.2 Å². The lowest BCUT2D eigenvalue weighted by Gasteiger charge is -2.40. The van der Waals surface area contributed by atoms with Gasteiger partial charge in [0.05, 0.1) is 0 Å². The van der Waals surface area contributed by atoms with Gasteiger partial charge in [-0.05, 0) is 26.7 Å². The van der Waals surface area contributed by atoms with E-state index in [0.717, 1.165) is 0 Å². The molecule has 0 amide bonds. The van der Waals surface area contributed by atoms with Crippen molar-refractivity contribution in [3.63, 3.8) is 0 Å². The molecule has 1 aliphatic heterocycles. The molecule has 0 aromatic heterocycles. The van der Waals surface area contributed by atoms with Crippen LogP contribution in [0.4, 0.5) is 0 Å². The first-order chi connectivity index (χ1) is 5.69. The molecule has 12 heavy (non-hydrogen) atoms. The van der Waals surface area contributed by atoms with E-state index in [1.807, 2.05) is 0 Å². The van der Waals surface area contributed by atoms with Crippen molar-refractivity contribution in [3.05, 3.63) is 0 Å². The van der Waals surface area contributed by atoms with Gasteiger partial charge in [0.2, 0.25) is 0 Å². The minimum atomic E-state index is 0.609. The smallest absolute Gasteiger partial charge is 0.0221 e. The van der Waals surface area contributed by atoms with E-state index in [4.69, 9.17) is 0 Å². The Bertz CT molecular complexity index is 120. The van der Waals surface area contributed by atoms with Crippen molar-refractivity contribution in [2.45, 2.75) is 64.7 Å². The molecule has 0 saturated carbocycles. The zero-order valence-electron chi connectivity index (χ0n) is 8.72. The Balaban J connectivity index is 2.52. The molecule has 2 N–H and O–H groups in total. The van der Waals surface area contributed by atoms with E-state index < -0.39 is 0 Å². The van der Waals surface area contributed by atoms with Crippen molar-refractivity contribution in [1.29, 1.82) is 0 Å². The van der Waals surface area contributed by atoms with E-state index in [0.29, 0.717) is 24.2 Å². The Hall–Kier alpha value is -0.0800. The van der Waals surface area contributed by atoms with Crippen LogP contribution >= 0.6 is 0 Å². The van der Waals surface area contributed by atoms with Crippen LogP contribution in [0, 0.1) is 0 Å². The molecule has 1 heterocycles. The molecule has 0 aromatic carbocycles. The molecule has 2 heteroatoms. The van der Waals surface area contributed by atoms with Crippen molar-refractivity contribution >= 4 is 0 Å². The Morgan fingerprint density at radius 3 is 1.42 bits per heavy atom. The summed E-state index contributed by atoms with van der Waals surface area (Å²) < 4.78 is 0. The van der Waals surface area contributed by atoms with E-state index in [9.17, 15) is 0 Å². The van der Waals surface area contributed by atoms with Gasteiger partial charge in [-0.2, -0.15) is 0 Å². The highest BCUT2D eigenvalue weighted by atomic mass is 15.1. The van der Waals surface area contributed by atoms with Crippen LogP contribution in [0.25, 0.3) is 0 Å². The first-order valence-corrected chi connectivity index (χ1v) is 5.21. The van der Waals surface area contributed by atoms with E-state index >= 15 is 0 Å². The van der Waals surface area contributed by atoms with Gasteiger partial charge in [-0.1, -0.05) is 13.8 Å². The molecule has 4 atom stereocenters. The lowest BCUT2D eigenvalue weighted by atomic mass is 9.95. The topological polar surface area (TPSA) is 24.1 Å². The standard InChI is InChI=1S/C10H22N2/c1-5-9-10(6-2)12-8(4)7(3)11-9/h7-12H,5-6H2,1-4H3. The average Bonchev–Trinajstić information content (AvgIpc) is 2.09. The minimum absolute atomic E-state index is 0.609. The third-order valence-corrected chi connectivity index (χ3v) is 3.07. The summed E-state index contributed by atoms with van der Waals surface area (Å²) >= 11 is 0. The van der Waals surface area contributed by atoms with Gasteiger partial charge < -0.3 is 10.6 Å². The molecule has 0 radical (unpaired) electrons. The molecule has 0 aromatic rings. The average molecular weight is 170 g/mol. The molecule has 1 fully saturated rings. The van der Waals surface area contributed by atoms with Crippen LogP contribution in [0.5, 0.6) is 0 Å². The van der Waals surface area contributed by atoms with E-state index in [-0.39, 0.29) is 0 Å². The van der Waals surface area contributed by atoms with Gasteiger partial charge in [0.25, 0.3) is 0 Å². The molecule has 0 bridgehead atoms. The predicted octanol–water partition coefficient (Wildman–Crippen LogP) is 1.51. The van der Waals surface area contributed by atoms with Gasteiger partial charge in [0.15, 0.2) is 0 Å². The molecular weight excluding hydrogens is 148 g/mol. The van der Waals surface area contributed by atoms with Crippen molar-refractivity contribution in [2.75, 3.05) is 0 Å². The van der Waals surface area contributed by atoms with Crippen LogP contribution in [0.3, 0.4) is 0 Å². The zero-order valence-corrected chi connectivity index (χ0v) is 8.72. The summed E-state index contributed by atoms with van der Waals surface area (Å²) in [5.74, 6) is 0. The largest absolute Gasteiger partial charge is 0.308 e. The van der Waals surface area contributed by atoms with Gasteiger partial charge >= 0.3 is 0 Å². The summed E-state index contributed by atoms with van der Waals surface area (Å²) in [5.41, 5.74) is 0. The van der Waals surface area contributed by atoms with Crippen molar-refractivity contribution in [2.24, 2.45) is 0 Å². The van der Waals surface area contributed by atoms with Crippen LogP contribution in [-0.2, 0) is 0 Å². The highest BCUT2D eigenvalue weighted by molar-refractivity contribution is 4.93. The molecule has 4 unspecified atom stereocenters. The Morgan fingerprint density at radius 2 is 1.17 bits per heavy atom. The maximum Gasteiger partial charge on any atom is 0.0221 e. The molecule has 1 saturated heterocycles. The first-order valence-electron chi connectivity index (χ1n) is 5.21. The second-order valence-corrected chi connectivity index (χ2v) is 3.94. The van der Waals surface area contributed by atoms with Crippen LogP contribution in [0.15, 0.2) is 0 Å². The Morgan fingerprint density at radius 1 is 0.833 bits per heavy atom. The molecule has 1 rings (SSSR count). The van der Waals surface area contributed by atoms with E-state index in [1.54, 1.807) is 0 Å². The number of nitrogens with one attached hydrogen (secondary N) is 2. The number of rotatable bonds is 2. The summed E-state index contributed by atoms with van der Waals surface area (Å²) in [5, 5.41) is 7.31. The molecule has 1 aliphatic rings. The quantitative estimate of drug-likeness (QED) is 0.656. The monoisotopic (exact) mass is 170 g/mol. The Kier molecular flexibility index (Phi) is 3.53. The number of hydrogen-bond acceptors (Lipinski definition) is 2. The highest BCUT2D eigenvalue weighted by Crippen LogP contribution is 2.12. The lowest BCUT2D eigenvalue weighted by molar-refractivity contribution is 0.218. The molecular formula is C10H22N2. The van der Waals surface area contributed by atoms with E-state index in [1.165, 1.54) is 12.8 Å². The number of hydrogen-bond donors (Lipinski definition) is 2. The van der Waals surface area contributed by atoms with Crippen LogP contribution < -0.4 is 10.6 Å². The first kappa shape index (κ1) is 10.0. The normalized spacial score (nSPS) is 43.0. The highest BCUT2D eigenvalue weighted by Gasteiger charge is 2.28. The van der Waals surface area contributed by atoms with Crippen molar-refractivity contribution < 1.29 is 0 Å². The fourth-order valence-electron chi connectivity index (χ4n) is 2.00. The maximum absolute atomic E-state index is 3.65. The molecule has 2 nitrogen and oxygen atoms in total. The van der Waals surface area contributed by atoms with E-state index in [2.05, 4.69) is 38.3 Å². The lowest BCUT2D eigenvalue weighted by Crippen LogP contribution is -2.63. The van der Waals surface area contributed by atoms with Crippen LogP contribution in [-0.4, -0.2) is 24.2 Å². The molecule has 72 valence electrons. The minimum Gasteiger partial charge on any atom is -0.308 e. The molecule has 0 spiro atoms. The third-order valence-electron chi connectivity index (χ3n) is 3.07. The maximum atomic E-state index is 3.65. The molecule has 0 aliphatic carbocycles. The summed E-state index contributed by atoms with van der Waals surface area (Å²) in [7, 11) is 0. The third kappa shape index (κ3) is 1.99. The van der Waals surface area contributed by atoms with Gasteiger partial charge in [-0.3, -0.25) is 0 Å². The summed E-state index contributed by atoms with van der Waals surface area (Å²) in [4.78, 5) is 0. The fraction of sp³-hybridized carbons (Fsp3) is 1.00. The Labute approximate surface area is 76.1 Å². The summed E-state index contributed by atoms with van der Waals surface area (Å²) in [6.45, 7) is 9.02. The fourth-order valence-corrected chi connectivity index (χ4v) is 2.00. The zero-order chi connectivity index (χ0) is 9.14. The van der Waals surface area contributed by atoms with Gasteiger partial charge in [-0.15, -0.1) is 0 Å². The van der Waals surface area contributed by atoms with Gasteiger partial charge in [-0.25, -0.2) is 0 Å². The predicted molar refractivity (Wildman–Crippen MR) is 53.4 cm³/mol. The van der Waals surface area contributed by atoms with Gasteiger partial charge in [0.1, 0.15) is 0 Å². The summed E-state index contributed by atoms with van der Waals surface area (Å²) in [6, 6.07) is 2.55. The second-order valence-electron chi connectivity index (χ2n) is 3.94. The number of piperazine rings is 1. The van der Waals surface area contributed by atoms with Crippen LogP contribution in [0.2, 0.25) is 0 Å². The SMILES string of the molecule is CCC1NC(C)C(C)NC1CC.